The zero-order valence-electron chi connectivity index (χ0n) is 18.4. The third kappa shape index (κ3) is 7.83. The van der Waals surface area contributed by atoms with Gasteiger partial charge in [0.2, 0.25) is 21.8 Å². The SMILES string of the molecule is CC(=O)NC(=O)CCCNCCCS(=O)(=O)NC1(c2ccc(F)c(OCC3CC3)c2)CC1. The van der Waals surface area contributed by atoms with Crippen molar-refractivity contribution in [1.29, 1.82) is 0 Å². The molecule has 32 heavy (non-hydrogen) atoms. The van der Waals surface area contributed by atoms with E-state index < -0.39 is 21.4 Å². The Morgan fingerprint density at radius 1 is 1.19 bits per heavy atom. The molecule has 0 spiro atoms. The summed E-state index contributed by atoms with van der Waals surface area (Å²) in [5, 5.41) is 5.31. The maximum Gasteiger partial charge on any atom is 0.226 e. The van der Waals surface area contributed by atoms with Crippen molar-refractivity contribution in [2.45, 2.75) is 57.4 Å². The fourth-order valence-corrected chi connectivity index (χ4v) is 5.02. The van der Waals surface area contributed by atoms with Crippen LogP contribution in [0.2, 0.25) is 0 Å². The Kier molecular flexibility index (Phi) is 8.24. The molecular weight excluding hydrogens is 437 g/mol. The van der Waals surface area contributed by atoms with Crippen LogP contribution in [0.5, 0.6) is 5.75 Å². The van der Waals surface area contributed by atoms with Crippen LogP contribution < -0.4 is 20.1 Å². The van der Waals surface area contributed by atoms with Crippen LogP contribution in [-0.2, 0) is 25.2 Å². The lowest BCUT2D eigenvalue weighted by atomic mass is 10.1. The van der Waals surface area contributed by atoms with Crippen molar-refractivity contribution in [3.8, 4) is 5.75 Å². The highest BCUT2D eigenvalue weighted by Gasteiger charge is 2.47. The van der Waals surface area contributed by atoms with Gasteiger partial charge < -0.3 is 10.1 Å². The first-order valence-corrected chi connectivity index (χ1v) is 12.8. The van der Waals surface area contributed by atoms with Crippen molar-refractivity contribution in [3.63, 3.8) is 0 Å². The highest BCUT2D eigenvalue weighted by molar-refractivity contribution is 7.89. The van der Waals surface area contributed by atoms with Crippen molar-refractivity contribution >= 4 is 21.8 Å². The molecule has 2 amide bonds. The number of hydrogen-bond donors (Lipinski definition) is 3. The first-order valence-electron chi connectivity index (χ1n) is 11.1. The van der Waals surface area contributed by atoms with Gasteiger partial charge in [-0.1, -0.05) is 6.07 Å². The summed E-state index contributed by atoms with van der Waals surface area (Å²) in [6.45, 7) is 2.84. The van der Waals surface area contributed by atoms with E-state index in [0.717, 1.165) is 18.4 Å². The van der Waals surface area contributed by atoms with Crippen LogP contribution in [0.25, 0.3) is 0 Å². The number of halogens is 1. The molecule has 1 aromatic rings. The van der Waals surface area contributed by atoms with E-state index in [-0.39, 0.29) is 29.7 Å². The quantitative estimate of drug-likeness (QED) is 0.359. The van der Waals surface area contributed by atoms with Crippen molar-refractivity contribution < 1.29 is 27.1 Å². The van der Waals surface area contributed by atoms with E-state index in [9.17, 15) is 22.4 Å². The second kappa shape index (κ2) is 10.7. The number of imide groups is 1. The minimum Gasteiger partial charge on any atom is -0.490 e. The summed E-state index contributed by atoms with van der Waals surface area (Å²) in [6.07, 6.45) is 4.76. The van der Waals surface area contributed by atoms with Crippen LogP contribution in [0.3, 0.4) is 0 Å². The van der Waals surface area contributed by atoms with E-state index in [4.69, 9.17) is 4.74 Å². The molecule has 1 aromatic carbocycles. The van der Waals surface area contributed by atoms with Crippen molar-refractivity contribution in [2.24, 2.45) is 5.92 Å². The van der Waals surface area contributed by atoms with E-state index in [1.165, 1.54) is 13.0 Å². The summed E-state index contributed by atoms with van der Waals surface area (Å²) >= 11 is 0. The molecule has 0 bridgehead atoms. The summed E-state index contributed by atoms with van der Waals surface area (Å²) in [6, 6.07) is 4.59. The van der Waals surface area contributed by atoms with Gasteiger partial charge in [0.15, 0.2) is 11.6 Å². The normalized spacial score (nSPS) is 17.1. The number of ether oxygens (including phenoxy) is 1. The van der Waals surface area contributed by atoms with Gasteiger partial charge in [-0.2, -0.15) is 0 Å². The molecule has 2 aliphatic rings. The highest BCUT2D eigenvalue weighted by Crippen LogP contribution is 2.47. The molecule has 0 saturated heterocycles. The molecule has 0 atom stereocenters. The molecule has 0 heterocycles. The lowest BCUT2D eigenvalue weighted by molar-refractivity contribution is -0.129. The lowest BCUT2D eigenvalue weighted by Gasteiger charge is -2.19. The zero-order valence-corrected chi connectivity index (χ0v) is 19.2. The molecule has 10 heteroatoms. The maximum atomic E-state index is 14.1. The topological polar surface area (TPSA) is 114 Å². The number of rotatable bonds is 14. The third-order valence-electron chi connectivity index (χ3n) is 5.60. The van der Waals surface area contributed by atoms with Gasteiger partial charge in [-0.05, 0) is 75.2 Å². The first kappa shape index (κ1) is 24.6. The monoisotopic (exact) mass is 469 g/mol. The predicted octanol–water partition coefficient (Wildman–Crippen LogP) is 1.95. The second-order valence-electron chi connectivity index (χ2n) is 8.71. The lowest BCUT2D eigenvalue weighted by Crippen LogP contribution is -2.37. The maximum absolute atomic E-state index is 14.1. The van der Waals surface area contributed by atoms with Gasteiger partial charge in [0.05, 0.1) is 17.9 Å². The molecule has 2 saturated carbocycles. The van der Waals surface area contributed by atoms with Gasteiger partial charge >= 0.3 is 0 Å². The van der Waals surface area contributed by atoms with Gasteiger partial charge in [0.1, 0.15) is 0 Å². The average molecular weight is 470 g/mol. The molecular formula is C22H32FN3O5S. The summed E-state index contributed by atoms with van der Waals surface area (Å²) in [5.74, 6) is -0.477. The fraction of sp³-hybridized carbons (Fsp3) is 0.636. The molecule has 0 radical (unpaired) electrons. The predicted molar refractivity (Wildman–Crippen MR) is 118 cm³/mol. The van der Waals surface area contributed by atoms with Crippen molar-refractivity contribution in [1.82, 2.24) is 15.4 Å². The molecule has 8 nitrogen and oxygen atoms in total. The van der Waals surface area contributed by atoms with Crippen LogP contribution in [0.4, 0.5) is 4.39 Å². The Morgan fingerprint density at radius 3 is 2.56 bits per heavy atom. The minimum atomic E-state index is -3.51. The van der Waals surface area contributed by atoms with E-state index in [1.54, 1.807) is 12.1 Å². The van der Waals surface area contributed by atoms with Crippen LogP contribution in [0.1, 0.15) is 57.4 Å². The van der Waals surface area contributed by atoms with Gasteiger partial charge in [-0.25, -0.2) is 17.5 Å². The summed E-state index contributed by atoms with van der Waals surface area (Å²) in [5.41, 5.74) is 0.0529. The van der Waals surface area contributed by atoms with Crippen molar-refractivity contribution in [2.75, 3.05) is 25.4 Å². The Bertz CT molecular complexity index is 929. The van der Waals surface area contributed by atoms with E-state index >= 15 is 0 Å². The molecule has 178 valence electrons. The van der Waals surface area contributed by atoms with Crippen LogP contribution >= 0.6 is 0 Å². The van der Waals surface area contributed by atoms with E-state index in [1.807, 2.05) is 0 Å². The Morgan fingerprint density at radius 2 is 1.91 bits per heavy atom. The van der Waals surface area contributed by atoms with Gasteiger partial charge in [-0.3, -0.25) is 14.9 Å². The van der Waals surface area contributed by atoms with Gasteiger partial charge in [-0.15, -0.1) is 0 Å². The van der Waals surface area contributed by atoms with Crippen LogP contribution in [0.15, 0.2) is 18.2 Å². The number of benzene rings is 1. The Labute approximate surface area is 188 Å². The van der Waals surface area contributed by atoms with Crippen LogP contribution in [0, 0.1) is 11.7 Å². The summed E-state index contributed by atoms with van der Waals surface area (Å²) in [4.78, 5) is 22.1. The van der Waals surface area contributed by atoms with E-state index in [2.05, 4.69) is 15.4 Å². The Hall–Kier alpha value is -2.04. The molecule has 0 aromatic heterocycles. The Balaban J connectivity index is 1.40. The average Bonchev–Trinajstić information content (AvgIpc) is 3.62. The van der Waals surface area contributed by atoms with E-state index in [0.29, 0.717) is 51.3 Å². The highest BCUT2D eigenvalue weighted by atomic mass is 32.2. The smallest absolute Gasteiger partial charge is 0.226 e. The molecule has 3 N–H and O–H groups in total. The van der Waals surface area contributed by atoms with Gasteiger partial charge in [0.25, 0.3) is 0 Å². The fourth-order valence-electron chi connectivity index (χ4n) is 3.47. The third-order valence-corrected chi connectivity index (χ3v) is 7.12. The first-order chi connectivity index (χ1) is 15.2. The van der Waals surface area contributed by atoms with Crippen molar-refractivity contribution in [3.05, 3.63) is 29.6 Å². The van der Waals surface area contributed by atoms with Crippen LogP contribution in [-0.4, -0.2) is 45.7 Å². The largest absolute Gasteiger partial charge is 0.490 e. The minimum absolute atomic E-state index is 0.0290. The molecule has 2 fully saturated rings. The molecule has 0 aliphatic heterocycles. The zero-order chi connectivity index (χ0) is 23.2. The number of carbonyl (C=O) groups excluding carboxylic acids is 2. The standard InChI is InChI=1S/C22H32FN3O5S/c1-16(27)25-21(28)4-2-11-24-12-3-13-32(29,30)26-22(9-10-22)18-7-8-19(23)20(14-18)31-15-17-5-6-17/h7-8,14,17,24,26H,2-6,9-13,15H2,1H3,(H,25,27,28). The summed E-state index contributed by atoms with van der Waals surface area (Å²) in [7, 11) is -3.51. The number of amides is 2. The van der Waals surface area contributed by atoms with Gasteiger partial charge in [0, 0.05) is 13.3 Å². The second-order valence-corrected chi connectivity index (χ2v) is 10.6. The summed E-state index contributed by atoms with van der Waals surface area (Å²) < 4.78 is 47.6. The number of nitrogens with one attached hydrogen (secondary N) is 3. The number of sulfonamides is 1. The number of hydrogen-bond acceptors (Lipinski definition) is 6. The molecule has 3 rings (SSSR count). The number of carbonyl (C=O) groups is 2. The molecule has 2 aliphatic carbocycles. The molecule has 0 unspecified atom stereocenters.